The molecule has 7 heteroatoms. The molecule has 0 unspecified atom stereocenters. The maximum Gasteiger partial charge on any atom is 0.238 e. The summed E-state index contributed by atoms with van der Waals surface area (Å²) in [7, 11) is 3.58. The molecule has 0 bridgehead atoms. The largest absolute Gasteiger partial charge is 0.339 e. The molecule has 140 valence electrons. The van der Waals surface area contributed by atoms with Crippen molar-refractivity contribution in [2.75, 3.05) is 38.8 Å². The van der Waals surface area contributed by atoms with Crippen molar-refractivity contribution in [3.63, 3.8) is 0 Å². The van der Waals surface area contributed by atoms with Gasteiger partial charge in [-0.1, -0.05) is 12.1 Å². The summed E-state index contributed by atoms with van der Waals surface area (Å²) >= 11 is 3.24. The second-order valence-electron chi connectivity index (χ2n) is 6.20. The fourth-order valence-electron chi connectivity index (χ4n) is 2.46. The van der Waals surface area contributed by atoms with E-state index in [1.807, 2.05) is 42.8 Å². The van der Waals surface area contributed by atoms with E-state index in [-0.39, 0.29) is 24.9 Å². The molecule has 2 amide bonds. The zero-order chi connectivity index (χ0) is 19.1. The number of amides is 2. The number of hydrogen-bond donors (Lipinski definition) is 1. The third kappa shape index (κ3) is 5.86. The van der Waals surface area contributed by atoms with Gasteiger partial charge in [-0.2, -0.15) is 0 Å². The number of anilines is 1. The molecule has 0 radical (unpaired) electrons. The van der Waals surface area contributed by atoms with Gasteiger partial charge in [0.05, 0.1) is 25.3 Å². The van der Waals surface area contributed by atoms with Gasteiger partial charge < -0.3 is 10.2 Å². The topological polar surface area (TPSA) is 52.7 Å². The Labute approximate surface area is 163 Å². The normalized spacial score (nSPS) is 10.8. The molecule has 0 aliphatic carbocycles. The molecule has 0 aliphatic rings. The average molecular weight is 392 g/mol. The number of hydrogen-bond acceptors (Lipinski definition) is 5. The molecule has 0 atom stereocenters. The Morgan fingerprint density at radius 1 is 1.15 bits per heavy atom. The smallest absolute Gasteiger partial charge is 0.238 e. The van der Waals surface area contributed by atoms with Crippen molar-refractivity contribution in [3.8, 4) is 0 Å². The van der Waals surface area contributed by atoms with Gasteiger partial charge in [0.25, 0.3) is 0 Å². The predicted molar refractivity (Wildman–Crippen MR) is 110 cm³/mol. The number of benzene rings is 1. The molecular weight excluding hydrogens is 366 g/mol. The summed E-state index contributed by atoms with van der Waals surface area (Å²) in [6, 6.07) is 9.74. The Morgan fingerprint density at radius 3 is 2.54 bits per heavy atom. The van der Waals surface area contributed by atoms with Gasteiger partial charge in [-0.15, -0.1) is 23.1 Å². The molecule has 1 aromatic heterocycles. The molecule has 0 saturated carbocycles. The van der Waals surface area contributed by atoms with Crippen LogP contribution in [0.1, 0.15) is 10.4 Å². The minimum absolute atomic E-state index is 0.00221. The van der Waals surface area contributed by atoms with E-state index in [1.54, 1.807) is 47.0 Å². The number of thiophene rings is 1. The van der Waals surface area contributed by atoms with Gasteiger partial charge in [0.2, 0.25) is 11.8 Å². The van der Waals surface area contributed by atoms with E-state index >= 15 is 0 Å². The third-order valence-electron chi connectivity index (χ3n) is 3.97. The van der Waals surface area contributed by atoms with Crippen molar-refractivity contribution in [1.82, 2.24) is 9.80 Å². The minimum Gasteiger partial charge on any atom is -0.339 e. The number of para-hydroxylation sites is 1. The number of aryl methyl sites for hydroxylation is 1. The van der Waals surface area contributed by atoms with Crippen LogP contribution in [0, 0.1) is 6.92 Å². The molecule has 5 nitrogen and oxygen atoms in total. The van der Waals surface area contributed by atoms with Gasteiger partial charge in [-0.25, -0.2) is 0 Å². The lowest BCUT2D eigenvalue weighted by molar-refractivity contribution is -0.131. The van der Waals surface area contributed by atoms with Crippen LogP contribution in [0.2, 0.25) is 0 Å². The molecular formula is C19H25N3O2S2. The summed E-state index contributed by atoms with van der Waals surface area (Å²) in [5.41, 5.74) is 2.00. The van der Waals surface area contributed by atoms with Crippen LogP contribution in [-0.2, 0) is 16.1 Å². The van der Waals surface area contributed by atoms with E-state index in [0.29, 0.717) is 6.54 Å². The Morgan fingerprint density at radius 2 is 1.88 bits per heavy atom. The summed E-state index contributed by atoms with van der Waals surface area (Å²) in [6.45, 7) is 3.02. The zero-order valence-corrected chi connectivity index (χ0v) is 17.2. The first-order valence-corrected chi connectivity index (χ1v) is 10.4. The second-order valence-corrected chi connectivity index (χ2v) is 8.05. The van der Waals surface area contributed by atoms with Crippen molar-refractivity contribution in [3.05, 3.63) is 46.2 Å². The molecule has 0 spiro atoms. The van der Waals surface area contributed by atoms with E-state index < -0.39 is 0 Å². The number of likely N-dealkylation sites (N-methyl/N-ethyl adjacent to an activating group) is 2. The van der Waals surface area contributed by atoms with Gasteiger partial charge in [0.15, 0.2) is 0 Å². The van der Waals surface area contributed by atoms with Gasteiger partial charge in [-0.3, -0.25) is 14.5 Å². The minimum atomic E-state index is -0.126. The molecule has 1 aromatic carbocycles. The molecule has 2 rings (SSSR count). The van der Waals surface area contributed by atoms with Crippen molar-refractivity contribution in [2.45, 2.75) is 18.4 Å². The first-order valence-electron chi connectivity index (χ1n) is 8.29. The monoisotopic (exact) mass is 391 g/mol. The second kappa shape index (κ2) is 9.75. The Balaban J connectivity index is 1.83. The van der Waals surface area contributed by atoms with E-state index in [9.17, 15) is 9.59 Å². The van der Waals surface area contributed by atoms with Crippen molar-refractivity contribution in [1.29, 1.82) is 0 Å². The van der Waals surface area contributed by atoms with E-state index in [4.69, 9.17) is 0 Å². The lowest BCUT2D eigenvalue weighted by Crippen LogP contribution is -2.39. The highest BCUT2D eigenvalue weighted by atomic mass is 32.2. The lowest BCUT2D eigenvalue weighted by atomic mass is 10.3. The summed E-state index contributed by atoms with van der Waals surface area (Å²) in [6.07, 6.45) is 1.97. The van der Waals surface area contributed by atoms with Crippen molar-refractivity contribution >= 4 is 40.6 Å². The molecule has 0 saturated heterocycles. The van der Waals surface area contributed by atoms with E-state index in [0.717, 1.165) is 10.6 Å². The third-order valence-corrected chi connectivity index (χ3v) is 5.78. The summed E-state index contributed by atoms with van der Waals surface area (Å²) in [5.74, 6) is -0.129. The van der Waals surface area contributed by atoms with Crippen LogP contribution in [0.5, 0.6) is 0 Å². The van der Waals surface area contributed by atoms with E-state index in [1.165, 1.54) is 10.4 Å². The summed E-state index contributed by atoms with van der Waals surface area (Å²) in [5, 5.41) is 4.95. The number of thioether (sulfide) groups is 1. The number of nitrogens with one attached hydrogen (secondary N) is 1. The Kier molecular flexibility index (Phi) is 7.68. The standard InChI is InChI=1S/C19H25N3O2S2/c1-14-9-10-26-17(14)11-22(3)19(24)13-21(2)12-18(23)20-15-7-5-6-8-16(15)25-4/h5-10H,11-13H2,1-4H3,(H,20,23). The van der Waals surface area contributed by atoms with Crippen LogP contribution in [-0.4, -0.2) is 55.1 Å². The highest BCUT2D eigenvalue weighted by Crippen LogP contribution is 2.24. The van der Waals surface area contributed by atoms with Crippen LogP contribution in [0.3, 0.4) is 0 Å². The highest BCUT2D eigenvalue weighted by molar-refractivity contribution is 7.98. The van der Waals surface area contributed by atoms with Gasteiger partial charge in [0.1, 0.15) is 0 Å². The first-order chi connectivity index (χ1) is 12.4. The quantitative estimate of drug-likeness (QED) is 0.702. The Hall–Kier alpha value is -1.83. The fraction of sp³-hybridized carbons (Fsp3) is 0.368. The number of rotatable bonds is 8. The molecule has 1 heterocycles. The highest BCUT2D eigenvalue weighted by Gasteiger charge is 2.16. The van der Waals surface area contributed by atoms with Crippen LogP contribution in [0.4, 0.5) is 5.69 Å². The van der Waals surface area contributed by atoms with Gasteiger partial charge >= 0.3 is 0 Å². The van der Waals surface area contributed by atoms with Crippen LogP contribution < -0.4 is 5.32 Å². The molecule has 0 fully saturated rings. The van der Waals surface area contributed by atoms with E-state index in [2.05, 4.69) is 11.4 Å². The van der Waals surface area contributed by atoms with Crippen LogP contribution in [0.25, 0.3) is 0 Å². The van der Waals surface area contributed by atoms with Crippen LogP contribution in [0.15, 0.2) is 40.6 Å². The van der Waals surface area contributed by atoms with Crippen LogP contribution >= 0.6 is 23.1 Å². The molecule has 2 aromatic rings. The van der Waals surface area contributed by atoms with Gasteiger partial charge in [0, 0.05) is 16.8 Å². The van der Waals surface area contributed by atoms with Gasteiger partial charge in [-0.05, 0) is 49.4 Å². The average Bonchev–Trinajstić information content (AvgIpc) is 2.99. The maximum absolute atomic E-state index is 12.4. The maximum atomic E-state index is 12.4. The fourth-order valence-corrected chi connectivity index (χ4v) is 3.97. The summed E-state index contributed by atoms with van der Waals surface area (Å²) < 4.78 is 0. The number of nitrogens with zero attached hydrogens (tertiary/aromatic N) is 2. The number of carbonyl (C=O) groups excluding carboxylic acids is 2. The molecule has 26 heavy (non-hydrogen) atoms. The van der Waals surface area contributed by atoms with Crippen molar-refractivity contribution < 1.29 is 9.59 Å². The van der Waals surface area contributed by atoms with Crippen molar-refractivity contribution in [2.24, 2.45) is 0 Å². The molecule has 1 N–H and O–H groups in total. The molecule has 0 aliphatic heterocycles. The Bertz CT molecular complexity index is 761. The summed E-state index contributed by atoms with van der Waals surface area (Å²) in [4.78, 5) is 30.3. The predicted octanol–water partition coefficient (Wildman–Crippen LogP) is 3.31. The SMILES string of the molecule is CSc1ccccc1NC(=O)CN(C)CC(=O)N(C)Cc1sccc1C. The lowest BCUT2D eigenvalue weighted by Gasteiger charge is -2.21. The number of carbonyl (C=O) groups is 2. The first kappa shape index (κ1) is 20.5. The zero-order valence-electron chi connectivity index (χ0n) is 15.6.